The van der Waals surface area contributed by atoms with Crippen molar-refractivity contribution in [1.29, 1.82) is 0 Å². The number of carbonyl (C=O) groups is 2. The third-order valence-corrected chi connectivity index (χ3v) is 7.05. The van der Waals surface area contributed by atoms with Crippen LogP contribution >= 0.6 is 22.7 Å². The van der Waals surface area contributed by atoms with Crippen molar-refractivity contribution in [3.63, 3.8) is 0 Å². The number of nitrogens with one attached hydrogen (secondary N) is 1. The maximum absolute atomic E-state index is 12.5. The van der Waals surface area contributed by atoms with Crippen LogP contribution in [0.2, 0.25) is 0 Å². The first-order chi connectivity index (χ1) is 14.4. The quantitative estimate of drug-likeness (QED) is 0.595. The molecule has 0 unspecified atom stereocenters. The number of ether oxygens (including phenoxy) is 3. The Kier molecular flexibility index (Phi) is 5.52. The van der Waals surface area contributed by atoms with Gasteiger partial charge in [-0.2, -0.15) is 0 Å². The summed E-state index contributed by atoms with van der Waals surface area (Å²) in [4.78, 5) is 31.7. The van der Waals surface area contributed by atoms with Crippen LogP contribution in [0, 0.1) is 0 Å². The molecule has 0 saturated heterocycles. The van der Waals surface area contributed by atoms with Crippen molar-refractivity contribution in [3.05, 3.63) is 28.1 Å². The molecule has 0 atom stereocenters. The van der Waals surface area contributed by atoms with Gasteiger partial charge >= 0.3 is 5.97 Å². The smallest absolute Gasteiger partial charge is 0.341 e. The molecule has 0 fully saturated rings. The molecule has 2 aromatic heterocycles. The first-order valence-corrected chi connectivity index (χ1v) is 10.9. The molecule has 4 rings (SSSR count). The molecule has 10 heteroatoms. The average molecular weight is 448 g/mol. The predicted molar refractivity (Wildman–Crippen MR) is 116 cm³/mol. The molecule has 1 N–H and O–H groups in total. The van der Waals surface area contributed by atoms with Gasteiger partial charge in [-0.15, -0.1) is 11.3 Å². The van der Waals surface area contributed by atoms with Crippen molar-refractivity contribution in [2.45, 2.75) is 19.9 Å². The fraction of sp³-hybridized carbons (Fsp3) is 0.350. The summed E-state index contributed by atoms with van der Waals surface area (Å²) in [5.74, 6) is 0.923. The zero-order valence-corrected chi connectivity index (χ0v) is 18.7. The second-order valence-corrected chi connectivity index (χ2v) is 8.85. The number of aromatic nitrogens is 1. The summed E-state index contributed by atoms with van der Waals surface area (Å²) in [5.41, 5.74) is 2.17. The van der Waals surface area contributed by atoms with Crippen LogP contribution < -0.4 is 14.8 Å². The van der Waals surface area contributed by atoms with Crippen molar-refractivity contribution in [2.24, 2.45) is 0 Å². The lowest BCUT2D eigenvalue weighted by Gasteiger charge is -2.25. The summed E-state index contributed by atoms with van der Waals surface area (Å²) >= 11 is 2.89. The number of amides is 1. The van der Waals surface area contributed by atoms with E-state index in [4.69, 9.17) is 14.2 Å². The number of thiazole rings is 1. The molecule has 0 spiro atoms. The summed E-state index contributed by atoms with van der Waals surface area (Å²) in [6, 6.07) is 3.68. The number of carbonyl (C=O) groups excluding carboxylic acids is 2. The van der Waals surface area contributed by atoms with Crippen molar-refractivity contribution >= 4 is 54.9 Å². The van der Waals surface area contributed by atoms with Crippen molar-refractivity contribution in [3.8, 4) is 11.5 Å². The van der Waals surface area contributed by atoms with Crippen LogP contribution in [0.25, 0.3) is 10.2 Å². The molecule has 1 aliphatic heterocycles. The van der Waals surface area contributed by atoms with E-state index < -0.39 is 5.97 Å². The van der Waals surface area contributed by atoms with E-state index in [1.165, 1.54) is 29.8 Å². The van der Waals surface area contributed by atoms with Gasteiger partial charge in [-0.25, -0.2) is 9.78 Å². The summed E-state index contributed by atoms with van der Waals surface area (Å²) in [7, 11) is 4.56. The molecule has 0 aliphatic carbocycles. The van der Waals surface area contributed by atoms with Gasteiger partial charge in [0.2, 0.25) is 5.91 Å². The zero-order valence-electron chi connectivity index (χ0n) is 17.0. The Hall–Kier alpha value is -2.85. The number of nitrogens with zero attached hydrogens (tertiary/aromatic N) is 2. The highest BCUT2D eigenvalue weighted by Gasteiger charge is 2.30. The van der Waals surface area contributed by atoms with Gasteiger partial charge < -0.3 is 24.4 Å². The number of hydrogen-bond acceptors (Lipinski definition) is 9. The second kappa shape index (κ2) is 8.11. The molecule has 3 aromatic rings. The average Bonchev–Trinajstić information content (AvgIpc) is 3.31. The Labute approximate surface area is 181 Å². The minimum absolute atomic E-state index is 0.0235. The predicted octanol–water partition coefficient (Wildman–Crippen LogP) is 3.81. The highest BCUT2D eigenvalue weighted by Crippen LogP contribution is 2.42. The largest absolute Gasteiger partial charge is 0.497 e. The highest BCUT2D eigenvalue weighted by molar-refractivity contribution is 7.23. The van der Waals surface area contributed by atoms with Crippen molar-refractivity contribution in [2.75, 3.05) is 33.2 Å². The molecule has 158 valence electrons. The van der Waals surface area contributed by atoms with Crippen LogP contribution in [0.5, 0.6) is 11.5 Å². The fourth-order valence-electron chi connectivity index (χ4n) is 3.48. The molecular weight excluding hydrogens is 426 g/mol. The topological polar surface area (TPSA) is 90.0 Å². The van der Waals surface area contributed by atoms with E-state index >= 15 is 0 Å². The molecule has 0 radical (unpaired) electrons. The molecule has 0 bridgehead atoms. The SMILES string of the molecule is COC(=O)c1c(Nc2nc3c(OC)cc(OC)cc3s2)sc2c1CCN(C(C)=O)C2. The number of rotatable bonds is 5. The van der Waals surface area contributed by atoms with Gasteiger partial charge in [-0.1, -0.05) is 11.3 Å². The lowest BCUT2D eigenvalue weighted by Crippen LogP contribution is -2.33. The van der Waals surface area contributed by atoms with E-state index in [-0.39, 0.29) is 5.91 Å². The number of thiophene rings is 1. The summed E-state index contributed by atoms with van der Waals surface area (Å²) < 4.78 is 16.7. The van der Waals surface area contributed by atoms with E-state index in [1.807, 2.05) is 6.07 Å². The third kappa shape index (κ3) is 3.56. The first kappa shape index (κ1) is 20.4. The van der Waals surface area contributed by atoms with Gasteiger partial charge in [-0.05, 0) is 18.1 Å². The monoisotopic (exact) mass is 447 g/mol. The zero-order chi connectivity index (χ0) is 21.4. The Bertz CT molecular complexity index is 1140. The molecule has 30 heavy (non-hydrogen) atoms. The molecule has 1 amide bonds. The molecule has 3 heterocycles. The molecule has 1 aliphatic rings. The second-order valence-electron chi connectivity index (χ2n) is 6.71. The third-order valence-electron chi connectivity index (χ3n) is 5.00. The molecule has 0 saturated carbocycles. The van der Waals surface area contributed by atoms with E-state index in [9.17, 15) is 9.59 Å². The number of esters is 1. The minimum Gasteiger partial charge on any atom is -0.497 e. The maximum atomic E-state index is 12.5. The van der Waals surface area contributed by atoms with Gasteiger partial charge in [-0.3, -0.25) is 4.79 Å². The van der Waals surface area contributed by atoms with Gasteiger partial charge in [0.25, 0.3) is 0 Å². The summed E-state index contributed by atoms with van der Waals surface area (Å²) in [5, 5.41) is 4.59. The molecule has 1 aromatic carbocycles. The Morgan fingerprint density at radius 1 is 1.17 bits per heavy atom. The normalized spacial score (nSPS) is 13.1. The van der Waals surface area contributed by atoms with Gasteiger partial charge in [0.05, 0.1) is 38.1 Å². The van der Waals surface area contributed by atoms with Gasteiger partial charge in [0.1, 0.15) is 22.0 Å². The van der Waals surface area contributed by atoms with Crippen LogP contribution in [0.15, 0.2) is 12.1 Å². The standard InChI is InChI=1S/C20H21N3O5S2/c1-10(24)23-6-5-12-15(9-23)29-18(16(12)19(25)28-4)22-20-21-17-13(27-3)7-11(26-2)8-14(17)30-20/h7-8H,5-6,9H2,1-4H3,(H,21,22). The summed E-state index contributed by atoms with van der Waals surface area (Å²) in [6.45, 7) is 2.63. The van der Waals surface area contributed by atoms with Gasteiger partial charge in [0, 0.05) is 24.4 Å². The van der Waals surface area contributed by atoms with E-state index in [0.717, 1.165) is 20.7 Å². The Morgan fingerprint density at radius 3 is 2.63 bits per heavy atom. The minimum atomic E-state index is -0.397. The van der Waals surface area contributed by atoms with Crippen LogP contribution in [-0.2, 0) is 22.5 Å². The number of methoxy groups -OCH3 is 3. The number of benzene rings is 1. The number of fused-ring (bicyclic) bond motifs is 2. The summed E-state index contributed by atoms with van der Waals surface area (Å²) in [6.07, 6.45) is 0.613. The van der Waals surface area contributed by atoms with Crippen LogP contribution in [0.3, 0.4) is 0 Å². The van der Waals surface area contributed by atoms with Gasteiger partial charge in [0.15, 0.2) is 5.13 Å². The Morgan fingerprint density at radius 2 is 1.97 bits per heavy atom. The lowest BCUT2D eigenvalue weighted by atomic mass is 10.0. The first-order valence-electron chi connectivity index (χ1n) is 9.23. The fourth-order valence-corrected chi connectivity index (χ4v) is 5.71. The Balaban J connectivity index is 1.74. The van der Waals surface area contributed by atoms with E-state index in [2.05, 4.69) is 10.3 Å². The number of hydrogen-bond donors (Lipinski definition) is 1. The highest BCUT2D eigenvalue weighted by atomic mass is 32.1. The van der Waals surface area contributed by atoms with Crippen LogP contribution in [0.1, 0.15) is 27.7 Å². The maximum Gasteiger partial charge on any atom is 0.341 e. The van der Waals surface area contributed by atoms with E-state index in [0.29, 0.717) is 46.7 Å². The van der Waals surface area contributed by atoms with E-state index in [1.54, 1.807) is 32.1 Å². The molecule has 8 nitrogen and oxygen atoms in total. The molecular formula is C20H21N3O5S2. The van der Waals surface area contributed by atoms with Crippen molar-refractivity contribution in [1.82, 2.24) is 9.88 Å². The van der Waals surface area contributed by atoms with Crippen LogP contribution in [-0.4, -0.2) is 49.6 Å². The number of anilines is 2. The lowest BCUT2D eigenvalue weighted by molar-refractivity contribution is -0.129. The van der Waals surface area contributed by atoms with Crippen molar-refractivity contribution < 1.29 is 23.8 Å². The van der Waals surface area contributed by atoms with Crippen LogP contribution in [0.4, 0.5) is 10.1 Å².